The first kappa shape index (κ1) is 28.3. The molecule has 0 aromatic carbocycles. The van der Waals surface area contributed by atoms with Crippen LogP contribution in [0.3, 0.4) is 0 Å². The third-order valence-electron chi connectivity index (χ3n) is 7.67. The lowest BCUT2D eigenvalue weighted by Crippen LogP contribution is -2.47. The highest BCUT2D eigenvalue weighted by Crippen LogP contribution is 2.37. The SMILES string of the molecule is CC(C)CN1CCC2(CC1)COC(C(C)C)O2.CC(C)CN1CCC2(CC1)OCC(C(C)C)O2. The van der Waals surface area contributed by atoms with Crippen molar-refractivity contribution in [3.05, 3.63) is 0 Å². The van der Waals surface area contributed by atoms with Crippen molar-refractivity contribution >= 4 is 0 Å². The van der Waals surface area contributed by atoms with Gasteiger partial charge in [-0.05, 0) is 30.6 Å². The van der Waals surface area contributed by atoms with Crippen LogP contribution in [0.25, 0.3) is 0 Å². The zero-order valence-electron chi connectivity index (χ0n) is 23.5. The van der Waals surface area contributed by atoms with Gasteiger partial charge in [-0.3, -0.25) is 0 Å². The molecule has 0 N–H and O–H groups in total. The van der Waals surface area contributed by atoms with Crippen molar-refractivity contribution in [3.63, 3.8) is 0 Å². The fourth-order valence-corrected chi connectivity index (χ4v) is 5.56. The van der Waals surface area contributed by atoms with Gasteiger partial charge in [0, 0.05) is 58.0 Å². The number of hydrogen-bond acceptors (Lipinski definition) is 6. The van der Waals surface area contributed by atoms with Gasteiger partial charge in [0.25, 0.3) is 0 Å². The monoisotopic (exact) mass is 482 g/mol. The molecular weight excluding hydrogens is 428 g/mol. The number of hydrogen-bond donors (Lipinski definition) is 0. The van der Waals surface area contributed by atoms with Crippen molar-refractivity contribution < 1.29 is 18.9 Å². The quantitative estimate of drug-likeness (QED) is 0.530. The van der Waals surface area contributed by atoms with Crippen molar-refractivity contribution in [1.82, 2.24) is 9.80 Å². The summed E-state index contributed by atoms with van der Waals surface area (Å²) < 4.78 is 24.1. The predicted octanol–water partition coefficient (Wildman–Crippen LogP) is 5.01. The van der Waals surface area contributed by atoms with Gasteiger partial charge in [-0.25, -0.2) is 0 Å². The summed E-state index contributed by atoms with van der Waals surface area (Å²) >= 11 is 0. The van der Waals surface area contributed by atoms with E-state index in [1.807, 2.05) is 0 Å². The van der Waals surface area contributed by atoms with Gasteiger partial charge in [0.2, 0.25) is 0 Å². The molecule has 4 saturated heterocycles. The minimum absolute atomic E-state index is 0.0200. The first-order valence-corrected chi connectivity index (χ1v) is 14.1. The second-order valence-electron chi connectivity index (χ2n) is 12.7. The van der Waals surface area contributed by atoms with Crippen molar-refractivity contribution in [2.24, 2.45) is 23.7 Å². The first-order chi connectivity index (χ1) is 16.0. The van der Waals surface area contributed by atoms with Gasteiger partial charge in [0.1, 0.15) is 0 Å². The molecule has 0 saturated carbocycles. The third-order valence-corrected chi connectivity index (χ3v) is 7.67. The van der Waals surface area contributed by atoms with E-state index in [0.29, 0.717) is 17.9 Å². The molecule has 6 heteroatoms. The molecule has 4 aliphatic rings. The van der Waals surface area contributed by atoms with Gasteiger partial charge in [-0.1, -0.05) is 55.4 Å². The predicted molar refractivity (Wildman–Crippen MR) is 138 cm³/mol. The van der Waals surface area contributed by atoms with Gasteiger partial charge < -0.3 is 28.7 Å². The molecule has 4 heterocycles. The number of ether oxygens (including phenoxy) is 4. The summed E-state index contributed by atoms with van der Waals surface area (Å²) in [6.07, 6.45) is 4.64. The molecule has 200 valence electrons. The molecule has 4 aliphatic heterocycles. The molecule has 34 heavy (non-hydrogen) atoms. The minimum atomic E-state index is -0.248. The molecule has 0 aliphatic carbocycles. The zero-order chi connectivity index (χ0) is 24.9. The molecule has 0 amide bonds. The third kappa shape index (κ3) is 7.88. The summed E-state index contributed by atoms with van der Waals surface area (Å²) in [5.74, 6) is 2.28. The molecule has 0 bridgehead atoms. The lowest BCUT2D eigenvalue weighted by molar-refractivity contribution is -0.198. The number of nitrogens with zero attached hydrogens (tertiary/aromatic N) is 2. The van der Waals surface area contributed by atoms with Gasteiger partial charge in [-0.15, -0.1) is 0 Å². The summed E-state index contributed by atoms with van der Waals surface area (Å²) in [6.45, 7) is 26.4. The zero-order valence-corrected chi connectivity index (χ0v) is 23.5. The van der Waals surface area contributed by atoms with Crippen molar-refractivity contribution in [1.29, 1.82) is 0 Å². The lowest BCUT2D eigenvalue weighted by atomic mass is 9.92. The molecular formula is C28H54N2O4. The fraction of sp³-hybridized carbons (Fsp3) is 1.00. The highest BCUT2D eigenvalue weighted by atomic mass is 16.7. The maximum atomic E-state index is 6.16. The Kier molecular flexibility index (Phi) is 10.3. The Morgan fingerprint density at radius 1 is 0.706 bits per heavy atom. The largest absolute Gasteiger partial charge is 0.349 e. The smallest absolute Gasteiger partial charge is 0.171 e. The van der Waals surface area contributed by atoms with Crippen molar-refractivity contribution in [3.8, 4) is 0 Å². The summed E-state index contributed by atoms with van der Waals surface area (Å²) in [7, 11) is 0. The van der Waals surface area contributed by atoms with Gasteiger partial charge >= 0.3 is 0 Å². The normalized spacial score (nSPS) is 29.6. The van der Waals surface area contributed by atoms with Crippen molar-refractivity contribution in [2.75, 3.05) is 52.5 Å². The topological polar surface area (TPSA) is 43.4 Å². The molecule has 0 aromatic rings. The number of likely N-dealkylation sites (tertiary alicyclic amines) is 2. The average molecular weight is 483 g/mol. The highest BCUT2D eigenvalue weighted by Gasteiger charge is 2.45. The van der Waals surface area contributed by atoms with E-state index >= 15 is 0 Å². The van der Waals surface area contributed by atoms with Crippen LogP contribution in [-0.4, -0.2) is 86.1 Å². The van der Waals surface area contributed by atoms with Crippen LogP contribution in [0.4, 0.5) is 0 Å². The van der Waals surface area contributed by atoms with Crippen LogP contribution in [-0.2, 0) is 18.9 Å². The van der Waals surface area contributed by atoms with Gasteiger partial charge in [0.15, 0.2) is 12.1 Å². The summed E-state index contributed by atoms with van der Waals surface area (Å²) in [4.78, 5) is 5.09. The maximum Gasteiger partial charge on any atom is 0.171 e. The Balaban J connectivity index is 0.000000191. The number of rotatable bonds is 6. The Bertz CT molecular complexity index is 541. The van der Waals surface area contributed by atoms with E-state index in [-0.39, 0.29) is 17.7 Å². The molecule has 2 atom stereocenters. The molecule has 0 aromatic heterocycles. The Labute approximate surface area is 210 Å². The minimum Gasteiger partial charge on any atom is -0.349 e. The Morgan fingerprint density at radius 3 is 1.65 bits per heavy atom. The van der Waals surface area contributed by atoms with E-state index in [1.54, 1.807) is 0 Å². The maximum absolute atomic E-state index is 6.16. The van der Waals surface area contributed by atoms with E-state index in [1.165, 1.54) is 13.1 Å². The molecule has 6 nitrogen and oxygen atoms in total. The van der Waals surface area contributed by atoms with Crippen molar-refractivity contribution in [2.45, 2.75) is 105 Å². The molecule has 4 fully saturated rings. The number of piperidine rings is 2. The van der Waals surface area contributed by atoms with Crippen LogP contribution < -0.4 is 0 Å². The Hall–Kier alpha value is -0.240. The van der Waals surface area contributed by atoms with Crippen LogP contribution in [0.5, 0.6) is 0 Å². The molecule has 2 spiro atoms. The van der Waals surface area contributed by atoms with E-state index in [0.717, 1.165) is 76.9 Å². The van der Waals surface area contributed by atoms with E-state index in [4.69, 9.17) is 18.9 Å². The van der Waals surface area contributed by atoms with E-state index < -0.39 is 0 Å². The summed E-state index contributed by atoms with van der Waals surface area (Å²) in [5, 5.41) is 0. The van der Waals surface area contributed by atoms with Gasteiger partial charge in [-0.2, -0.15) is 0 Å². The van der Waals surface area contributed by atoms with Crippen LogP contribution in [0, 0.1) is 23.7 Å². The summed E-state index contributed by atoms with van der Waals surface area (Å²) in [5.41, 5.74) is 0.0302. The molecule has 2 unspecified atom stereocenters. The standard InChI is InChI=1S/2C14H27NO2/c1-11(2)9-15-7-5-14(6-8-15)10-16-13(17-14)12(3)4;1-11(2)9-15-7-5-14(6-8-15)16-10-13(17-14)12(3)4/h2*11-13H,5-10H2,1-4H3. The first-order valence-electron chi connectivity index (χ1n) is 14.1. The fourth-order valence-electron chi connectivity index (χ4n) is 5.56. The summed E-state index contributed by atoms with van der Waals surface area (Å²) in [6, 6.07) is 0. The van der Waals surface area contributed by atoms with Crippen LogP contribution in [0.15, 0.2) is 0 Å². The second kappa shape index (κ2) is 12.3. The Morgan fingerprint density at radius 2 is 1.24 bits per heavy atom. The average Bonchev–Trinajstić information content (AvgIpc) is 3.37. The van der Waals surface area contributed by atoms with Crippen LogP contribution in [0.2, 0.25) is 0 Å². The highest BCUT2D eigenvalue weighted by molar-refractivity contribution is 4.91. The van der Waals surface area contributed by atoms with Crippen LogP contribution >= 0.6 is 0 Å². The second-order valence-corrected chi connectivity index (χ2v) is 12.7. The van der Waals surface area contributed by atoms with E-state index in [9.17, 15) is 0 Å². The van der Waals surface area contributed by atoms with Gasteiger partial charge in [0.05, 0.1) is 24.9 Å². The molecule has 4 rings (SSSR count). The molecule has 0 radical (unpaired) electrons. The van der Waals surface area contributed by atoms with Crippen LogP contribution in [0.1, 0.15) is 81.1 Å². The lowest BCUT2D eigenvalue weighted by Gasteiger charge is -2.38. The van der Waals surface area contributed by atoms with E-state index in [2.05, 4.69) is 65.2 Å².